The van der Waals surface area contributed by atoms with Gasteiger partial charge < -0.3 is 20.6 Å². The number of hydrogen-bond acceptors (Lipinski definition) is 3. The zero-order valence-corrected chi connectivity index (χ0v) is 11.6. The van der Waals surface area contributed by atoms with Gasteiger partial charge in [0.05, 0.1) is 5.69 Å². The largest absolute Gasteiger partial charge is 0.478 e. The molecule has 0 heterocycles. The highest BCUT2D eigenvalue weighted by atomic mass is 19.1. The number of carbonyl (C=O) groups excluding carboxylic acids is 2. The van der Waals surface area contributed by atoms with Crippen molar-refractivity contribution in [1.29, 1.82) is 0 Å². The van der Waals surface area contributed by atoms with Crippen molar-refractivity contribution >= 4 is 23.6 Å². The lowest BCUT2D eigenvalue weighted by atomic mass is 10.1. The number of carboxylic acid groups (broad SMARTS) is 1. The normalized spacial score (nSPS) is 9.86. The molecule has 0 aliphatic carbocycles. The van der Waals surface area contributed by atoms with Gasteiger partial charge in [-0.1, -0.05) is 6.07 Å². The van der Waals surface area contributed by atoms with Gasteiger partial charge in [0.15, 0.2) is 0 Å². The molecule has 3 amide bonds. The van der Waals surface area contributed by atoms with E-state index < -0.39 is 23.4 Å². The second-order valence-electron chi connectivity index (χ2n) is 4.39. The lowest BCUT2D eigenvalue weighted by Crippen LogP contribution is -2.33. The van der Waals surface area contributed by atoms with E-state index in [-0.39, 0.29) is 24.6 Å². The van der Waals surface area contributed by atoms with E-state index in [2.05, 4.69) is 10.6 Å². The number of benzene rings is 1. The van der Waals surface area contributed by atoms with Crippen molar-refractivity contribution in [3.63, 3.8) is 0 Å². The molecule has 0 saturated heterocycles. The van der Waals surface area contributed by atoms with Gasteiger partial charge >= 0.3 is 12.0 Å². The minimum atomic E-state index is -1.48. The topological polar surface area (TPSA) is 98.7 Å². The van der Waals surface area contributed by atoms with Crippen LogP contribution in [0.5, 0.6) is 0 Å². The molecular weight excluding hydrogens is 281 g/mol. The molecule has 114 valence electrons. The maximum absolute atomic E-state index is 13.4. The smallest absolute Gasteiger partial charge is 0.340 e. The van der Waals surface area contributed by atoms with E-state index >= 15 is 0 Å². The molecule has 1 rings (SSSR count). The lowest BCUT2D eigenvalue weighted by molar-refractivity contribution is -0.128. The highest BCUT2D eigenvalue weighted by molar-refractivity contribution is 6.00. The fraction of sp³-hybridized carbons (Fsp3) is 0.308. The Labute approximate surface area is 120 Å². The molecule has 0 bridgehead atoms. The molecule has 8 heteroatoms. The van der Waals surface area contributed by atoms with E-state index in [1.54, 1.807) is 14.1 Å². The Kier molecular flexibility index (Phi) is 5.65. The third-order valence-electron chi connectivity index (χ3n) is 2.60. The number of halogens is 1. The Balaban J connectivity index is 2.62. The maximum Gasteiger partial charge on any atom is 0.340 e. The predicted octanol–water partition coefficient (Wildman–Crippen LogP) is 1.12. The lowest BCUT2D eigenvalue weighted by Gasteiger charge is -2.12. The molecule has 0 fully saturated rings. The molecule has 0 aliphatic rings. The van der Waals surface area contributed by atoms with Crippen molar-refractivity contribution in [2.75, 3.05) is 26.0 Å². The van der Waals surface area contributed by atoms with Crippen LogP contribution in [0.3, 0.4) is 0 Å². The first-order chi connectivity index (χ1) is 9.82. The molecule has 3 N–H and O–H groups in total. The molecule has 7 nitrogen and oxygen atoms in total. The average molecular weight is 297 g/mol. The first-order valence-electron chi connectivity index (χ1n) is 6.09. The minimum Gasteiger partial charge on any atom is -0.478 e. The van der Waals surface area contributed by atoms with Crippen molar-refractivity contribution in [2.45, 2.75) is 6.42 Å². The summed E-state index contributed by atoms with van der Waals surface area (Å²) in [7, 11) is 3.18. The number of aromatic carboxylic acids is 1. The van der Waals surface area contributed by atoms with Crippen molar-refractivity contribution in [3.05, 3.63) is 29.6 Å². The number of nitrogens with one attached hydrogen (secondary N) is 2. The van der Waals surface area contributed by atoms with Crippen molar-refractivity contribution in [3.8, 4) is 0 Å². The van der Waals surface area contributed by atoms with Crippen molar-refractivity contribution in [1.82, 2.24) is 10.2 Å². The molecule has 0 saturated carbocycles. The first kappa shape index (κ1) is 16.4. The number of carbonyl (C=O) groups is 3. The van der Waals surface area contributed by atoms with Crippen LogP contribution in [-0.4, -0.2) is 48.6 Å². The summed E-state index contributed by atoms with van der Waals surface area (Å²) >= 11 is 0. The first-order valence-corrected chi connectivity index (χ1v) is 6.09. The second kappa shape index (κ2) is 7.22. The Morgan fingerprint density at radius 2 is 1.95 bits per heavy atom. The fourth-order valence-corrected chi connectivity index (χ4v) is 1.52. The van der Waals surface area contributed by atoms with Gasteiger partial charge in [-0.15, -0.1) is 0 Å². The quantitative estimate of drug-likeness (QED) is 0.758. The molecule has 0 radical (unpaired) electrons. The van der Waals surface area contributed by atoms with Crippen LogP contribution in [0.25, 0.3) is 0 Å². The summed E-state index contributed by atoms with van der Waals surface area (Å²) < 4.78 is 13.4. The maximum atomic E-state index is 13.4. The van der Waals surface area contributed by atoms with E-state index in [0.29, 0.717) is 0 Å². The number of hydrogen-bond donors (Lipinski definition) is 3. The van der Waals surface area contributed by atoms with Crippen LogP contribution >= 0.6 is 0 Å². The molecular formula is C13H16FN3O4. The molecule has 0 unspecified atom stereocenters. The zero-order chi connectivity index (χ0) is 16.0. The second-order valence-corrected chi connectivity index (χ2v) is 4.39. The van der Waals surface area contributed by atoms with E-state index in [1.807, 2.05) is 0 Å². The van der Waals surface area contributed by atoms with Gasteiger partial charge in [0.25, 0.3) is 0 Å². The summed E-state index contributed by atoms with van der Waals surface area (Å²) in [4.78, 5) is 35.2. The molecule has 0 aromatic heterocycles. The number of anilines is 1. The summed E-state index contributed by atoms with van der Waals surface area (Å²) in [6.45, 7) is 0.0839. The predicted molar refractivity (Wildman–Crippen MR) is 73.7 cm³/mol. The molecule has 1 aromatic rings. The van der Waals surface area contributed by atoms with Crippen LogP contribution in [0.2, 0.25) is 0 Å². The minimum absolute atomic E-state index is 0.0839. The van der Waals surface area contributed by atoms with Crippen LogP contribution in [0.15, 0.2) is 18.2 Å². The van der Waals surface area contributed by atoms with Gasteiger partial charge in [0.2, 0.25) is 5.91 Å². The average Bonchev–Trinajstić information content (AvgIpc) is 2.37. The Hall–Kier alpha value is -2.64. The van der Waals surface area contributed by atoms with E-state index in [1.165, 1.54) is 17.0 Å². The highest BCUT2D eigenvalue weighted by Gasteiger charge is 2.17. The number of urea groups is 1. The standard InChI is InChI=1S/C13H16FN3O4/c1-17(2)10(18)6-7-15-13(21)16-9-5-3-4-8(14)11(9)12(19)20/h3-5H,6-7H2,1-2H3,(H,19,20)(H2,15,16,21). The zero-order valence-electron chi connectivity index (χ0n) is 11.6. The van der Waals surface area contributed by atoms with Gasteiger partial charge in [-0.25, -0.2) is 14.0 Å². The summed E-state index contributed by atoms with van der Waals surface area (Å²) in [5.41, 5.74) is -0.768. The van der Waals surface area contributed by atoms with Gasteiger partial charge in [-0.2, -0.15) is 0 Å². The number of nitrogens with zero attached hydrogens (tertiary/aromatic N) is 1. The number of amides is 3. The third kappa shape index (κ3) is 4.75. The number of rotatable bonds is 5. The molecule has 0 atom stereocenters. The van der Waals surface area contributed by atoms with Crippen LogP contribution in [0.4, 0.5) is 14.9 Å². The monoisotopic (exact) mass is 297 g/mol. The summed E-state index contributed by atoms with van der Waals surface area (Å²) in [6.07, 6.45) is 0.107. The Morgan fingerprint density at radius 3 is 2.52 bits per heavy atom. The summed E-state index contributed by atoms with van der Waals surface area (Å²) in [5.74, 6) is -2.58. The number of carboxylic acids is 1. The van der Waals surface area contributed by atoms with Gasteiger partial charge in [-0.3, -0.25) is 4.79 Å². The van der Waals surface area contributed by atoms with Crippen molar-refractivity contribution in [2.24, 2.45) is 0 Å². The molecule has 0 spiro atoms. The SMILES string of the molecule is CN(C)C(=O)CCNC(=O)Nc1cccc(F)c1C(=O)O. The van der Waals surface area contributed by atoms with E-state index in [4.69, 9.17) is 5.11 Å². The highest BCUT2D eigenvalue weighted by Crippen LogP contribution is 2.18. The molecule has 1 aromatic carbocycles. The fourth-order valence-electron chi connectivity index (χ4n) is 1.52. The summed E-state index contributed by atoms with van der Waals surface area (Å²) in [6, 6.07) is 2.83. The van der Waals surface area contributed by atoms with Crippen molar-refractivity contribution < 1.29 is 23.9 Å². The van der Waals surface area contributed by atoms with Crippen LogP contribution in [0.1, 0.15) is 16.8 Å². The van der Waals surface area contributed by atoms with E-state index in [0.717, 1.165) is 6.07 Å². The summed E-state index contributed by atoms with van der Waals surface area (Å²) in [5, 5.41) is 13.5. The Bertz CT molecular complexity index is 560. The van der Waals surface area contributed by atoms with Gasteiger partial charge in [-0.05, 0) is 12.1 Å². The van der Waals surface area contributed by atoms with Crippen LogP contribution in [-0.2, 0) is 4.79 Å². The van der Waals surface area contributed by atoms with Crippen LogP contribution in [0, 0.1) is 5.82 Å². The third-order valence-corrected chi connectivity index (χ3v) is 2.60. The van der Waals surface area contributed by atoms with Gasteiger partial charge in [0.1, 0.15) is 11.4 Å². The molecule has 21 heavy (non-hydrogen) atoms. The Morgan fingerprint density at radius 1 is 1.29 bits per heavy atom. The molecule has 0 aliphatic heterocycles. The van der Waals surface area contributed by atoms with Gasteiger partial charge in [0, 0.05) is 27.1 Å². The van der Waals surface area contributed by atoms with Crippen LogP contribution < -0.4 is 10.6 Å². The van der Waals surface area contributed by atoms with E-state index in [9.17, 15) is 18.8 Å².